The number of unbranched alkanes of at least 4 members (excludes halogenated alkanes) is 4. The van der Waals surface area contributed by atoms with Gasteiger partial charge in [-0.25, -0.2) is 0 Å². The molecule has 0 saturated heterocycles. The Bertz CT molecular complexity index is 608. The first-order valence-electron chi connectivity index (χ1n) is 8.34. The van der Waals surface area contributed by atoms with Crippen LogP contribution in [0.2, 0.25) is 0 Å². The molecule has 0 bridgehead atoms. The van der Waals surface area contributed by atoms with E-state index in [0.29, 0.717) is 0 Å². The Hall–Kier alpha value is -1.85. The van der Waals surface area contributed by atoms with Crippen molar-refractivity contribution in [1.29, 1.82) is 0 Å². The van der Waals surface area contributed by atoms with E-state index < -0.39 is 0 Å². The van der Waals surface area contributed by atoms with E-state index in [1.165, 1.54) is 30.6 Å². The third-order valence-electron chi connectivity index (χ3n) is 3.48. The number of hydrogen-bond donors (Lipinski definition) is 0. The molecular weight excluding hydrogens is 300 g/mol. The summed E-state index contributed by atoms with van der Waals surface area (Å²) in [5.74, 6) is 4.10. The molecule has 0 atom stereocenters. The van der Waals surface area contributed by atoms with Crippen LogP contribution < -0.4 is 4.74 Å². The summed E-state index contributed by atoms with van der Waals surface area (Å²) < 4.78 is 5.76. The molecule has 0 aliphatic rings. The van der Waals surface area contributed by atoms with Crippen LogP contribution >= 0.6 is 11.8 Å². The highest BCUT2D eigenvalue weighted by Gasteiger charge is 1.95. The highest BCUT2D eigenvalue weighted by atomic mass is 32.2. The van der Waals surface area contributed by atoms with E-state index in [0.717, 1.165) is 24.3 Å². The molecule has 0 heterocycles. The molecule has 0 unspecified atom stereocenters. The van der Waals surface area contributed by atoms with Gasteiger partial charge in [-0.2, -0.15) is 0 Å². The SMILES string of the molecule is CCCCCCCOc1ccc(C#CSc2ccccc2)cc1. The maximum atomic E-state index is 5.76. The van der Waals surface area contributed by atoms with Gasteiger partial charge in [0.15, 0.2) is 0 Å². The Morgan fingerprint density at radius 2 is 1.61 bits per heavy atom. The predicted molar refractivity (Wildman–Crippen MR) is 99.9 cm³/mol. The van der Waals surface area contributed by atoms with Gasteiger partial charge >= 0.3 is 0 Å². The molecule has 2 heteroatoms. The maximum Gasteiger partial charge on any atom is 0.119 e. The van der Waals surface area contributed by atoms with Crippen LogP contribution in [0.15, 0.2) is 59.5 Å². The summed E-state index contributed by atoms with van der Waals surface area (Å²) in [4.78, 5) is 1.17. The zero-order valence-electron chi connectivity index (χ0n) is 13.8. The minimum atomic E-state index is 0.804. The second-order valence-corrected chi connectivity index (χ2v) is 6.31. The monoisotopic (exact) mass is 324 g/mol. The van der Waals surface area contributed by atoms with E-state index in [4.69, 9.17) is 4.74 Å². The van der Waals surface area contributed by atoms with Gasteiger partial charge in [-0.3, -0.25) is 0 Å². The van der Waals surface area contributed by atoms with Crippen LogP contribution in [-0.4, -0.2) is 6.61 Å². The lowest BCUT2D eigenvalue weighted by atomic mass is 10.2. The fraction of sp³-hybridized carbons (Fsp3) is 0.333. The lowest BCUT2D eigenvalue weighted by Crippen LogP contribution is -1.97. The van der Waals surface area contributed by atoms with E-state index in [2.05, 4.69) is 30.2 Å². The molecule has 0 N–H and O–H groups in total. The fourth-order valence-corrected chi connectivity index (χ4v) is 2.74. The number of rotatable bonds is 8. The fourth-order valence-electron chi connectivity index (χ4n) is 2.16. The lowest BCUT2D eigenvalue weighted by molar-refractivity contribution is 0.304. The molecule has 0 amide bonds. The van der Waals surface area contributed by atoms with Crippen molar-refractivity contribution < 1.29 is 4.74 Å². The molecule has 1 nitrogen and oxygen atoms in total. The molecular formula is C21H24OS. The Kier molecular flexibility index (Phi) is 8.22. The Morgan fingerprint density at radius 1 is 0.870 bits per heavy atom. The normalized spacial score (nSPS) is 9.96. The topological polar surface area (TPSA) is 9.23 Å². The maximum absolute atomic E-state index is 5.76. The summed E-state index contributed by atoms with van der Waals surface area (Å²) in [6, 6.07) is 18.2. The summed E-state index contributed by atoms with van der Waals surface area (Å²) >= 11 is 1.55. The minimum absolute atomic E-state index is 0.804. The van der Waals surface area contributed by atoms with Crippen LogP contribution in [0.5, 0.6) is 5.75 Å². The number of ether oxygens (including phenoxy) is 1. The van der Waals surface area contributed by atoms with Crippen LogP contribution in [0.4, 0.5) is 0 Å². The second-order valence-electron chi connectivity index (χ2n) is 5.43. The van der Waals surface area contributed by atoms with E-state index in [9.17, 15) is 0 Å². The molecule has 0 saturated carbocycles. The number of benzene rings is 2. The van der Waals surface area contributed by atoms with Crippen molar-refractivity contribution in [3.63, 3.8) is 0 Å². The van der Waals surface area contributed by atoms with Gasteiger partial charge in [0.2, 0.25) is 0 Å². The van der Waals surface area contributed by atoms with Crippen molar-refractivity contribution in [2.45, 2.75) is 43.9 Å². The minimum Gasteiger partial charge on any atom is -0.494 e. The molecule has 2 aromatic carbocycles. The Morgan fingerprint density at radius 3 is 2.35 bits per heavy atom. The van der Waals surface area contributed by atoms with Crippen molar-refractivity contribution in [2.75, 3.05) is 6.61 Å². The van der Waals surface area contributed by atoms with Gasteiger partial charge in [-0.1, -0.05) is 56.7 Å². The van der Waals surface area contributed by atoms with Gasteiger partial charge in [0, 0.05) is 10.5 Å². The van der Waals surface area contributed by atoms with E-state index in [1.54, 1.807) is 11.8 Å². The van der Waals surface area contributed by atoms with Gasteiger partial charge in [-0.05, 0) is 59.8 Å². The molecule has 2 rings (SSSR count). The number of thioether (sulfide) groups is 1. The van der Waals surface area contributed by atoms with Crippen LogP contribution in [0.1, 0.15) is 44.6 Å². The summed E-state index contributed by atoms with van der Waals surface area (Å²) in [7, 11) is 0. The smallest absolute Gasteiger partial charge is 0.119 e. The first-order valence-corrected chi connectivity index (χ1v) is 9.16. The molecule has 0 fully saturated rings. The summed E-state index contributed by atoms with van der Waals surface area (Å²) in [5.41, 5.74) is 1.02. The Balaban J connectivity index is 1.72. The van der Waals surface area contributed by atoms with Crippen molar-refractivity contribution in [1.82, 2.24) is 0 Å². The van der Waals surface area contributed by atoms with Crippen LogP contribution in [-0.2, 0) is 0 Å². The van der Waals surface area contributed by atoms with Gasteiger partial charge in [0.1, 0.15) is 5.75 Å². The molecule has 23 heavy (non-hydrogen) atoms. The largest absolute Gasteiger partial charge is 0.494 e. The van der Waals surface area contributed by atoms with Crippen LogP contribution in [0.3, 0.4) is 0 Å². The first-order chi connectivity index (χ1) is 11.4. The van der Waals surface area contributed by atoms with E-state index in [-0.39, 0.29) is 0 Å². The number of hydrogen-bond acceptors (Lipinski definition) is 2. The highest BCUT2D eigenvalue weighted by molar-refractivity contribution is 8.03. The zero-order chi connectivity index (χ0) is 16.2. The van der Waals surface area contributed by atoms with E-state index >= 15 is 0 Å². The first kappa shape index (κ1) is 17.5. The second kappa shape index (κ2) is 10.8. The third-order valence-corrected chi connectivity index (χ3v) is 4.19. The third kappa shape index (κ3) is 7.30. The molecule has 0 aliphatic carbocycles. The van der Waals surface area contributed by atoms with Crippen LogP contribution in [0.25, 0.3) is 0 Å². The average molecular weight is 324 g/mol. The zero-order valence-corrected chi connectivity index (χ0v) is 14.6. The molecule has 120 valence electrons. The van der Waals surface area contributed by atoms with Gasteiger partial charge in [-0.15, -0.1) is 0 Å². The summed E-state index contributed by atoms with van der Waals surface area (Å²) in [6.45, 7) is 3.04. The van der Waals surface area contributed by atoms with Crippen molar-refractivity contribution in [2.24, 2.45) is 0 Å². The molecule has 0 aliphatic heterocycles. The standard InChI is InChI=1S/C21H24OS/c1-2-3-4-5-9-17-22-20-14-12-19(13-15-20)16-18-23-21-10-7-6-8-11-21/h6-8,10-15H,2-5,9,17H2,1H3. The molecule has 0 aromatic heterocycles. The quantitative estimate of drug-likeness (QED) is 0.328. The average Bonchev–Trinajstić information content (AvgIpc) is 2.60. The van der Waals surface area contributed by atoms with Crippen molar-refractivity contribution in [3.8, 4) is 16.9 Å². The predicted octanol–water partition coefficient (Wildman–Crippen LogP) is 6.14. The van der Waals surface area contributed by atoms with Gasteiger partial charge < -0.3 is 4.74 Å². The van der Waals surface area contributed by atoms with Gasteiger partial charge in [0.25, 0.3) is 0 Å². The molecule has 0 spiro atoms. The van der Waals surface area contributed by atoms with Crippen LogP contribution in [0, 0.1) is 11.2 Å². The van der Waals surface area contributed by atoms with Crippen molar-refractivity contribution in [3.05, 3.63) is 60.2 Å². The Labute approximate surface area is 144 Å². The summed E-state index contributed by atoms with van der Waals surface area (Å²) in [6.07, 6.45) is 6.32. The molecule has 2 aromatic rings. The lowest BCUT2D eigenvalue weighted by Gasteiger charge is -2.05. The molecule has 0 radical (unpaired) electrons. The van der Waals surface area contributed by atoms with Gasteiger partial charge in [0.05, 0.1) is 6.61 Å². The van der Waals surface area contributed by atoms with Crippen molar-refractivity contribution >= 4 is 11.8 Å². The summed E-state index contributed by atoms with van der Waals surface area (Å²) in [5, 5.41) is 3.14. The highest BCUT2D eigenvalue weighted by Crippen LogP contribution is 2.16. The van der Waals surface area contributed by atoms with E-state index in [1.807, 2.05) is 42.5 Å².